The van der Waals surface area contributed by atoms with Gasteiger partial charge in [-0.05, 0) is 30.9 Å². The zero-order valence-electron chi connectivity index (χ0n) is 8.62. The van der Waals surface area contributed by atoms with E-state index in [9.17, 15) is 8.42 Å². The van der Waals surface area contributed by atoms with Gasteiger partial charge in [0.2, 0.25) is 0 Å². The largest absolute Gasteiger partial charge is 0.492 e. The number of hydrogen-bond donors (Lipinski definition) is 0. The lowest BCUT2D eigenvalue weighted by atomic mass is 10.3. The fraction of sp³-hybridized carbons (Fsp3) is 0.400. The van der Waals surface area contributed by atoms with Crippen molar-refractivity contribution < 1.29 is 13.2 Å². The van der Waals surface area contributed by atoms with Crippen LogP contribution in [0.3, 0.4) is 0 Å². The summed E-state index contributed by atoms with van der Waals surface area (Å²) in [6.07, 6.45) is 2.30. The summed E-state index contributed by atoms with van der Waals surface area (Å²) in [6, 6.07) is 2.75. The van der Waals surface area contributed by atoms with Gasteiger partial charge in [0.1, 0.15) is 15.7 Å². The van der Waals surface area contributed by atoms with Gasteiger partial charge in [-0.2, -0.15) is 0 Å². The van der Waals surface area contributed by atoms with E-state index < -0.39 is 9.05 Å². The van der Waals surface area contributed by atoms with Crippen LogP contribution >= 0.6 is 33.9 Å². The molecule has 0 unspecified atom stereocenters. The Balaban J connectivity index is 2.28. The van der Waals surface area contributed by atoms with E-state index in [2.05, 4.69) is 0 Å². The fourth-order valence-corrected chi connectivity index (χ4v) is 3.09. The van der Waals surface area contributed by atoms with Crippen LogP contribution in [-0.4, -0.2) is 15.0 Å². The first-order chi connectivity index (χ1) is 7.89. The van der Waals surface area contributed by atoms with Crippen LogP contribution in [0.15, 0.2) is 17.0 Å². The molecule has 0 atom stereocenters. The van der Waals surface area contributed by atoms with E-state index in [1.807, 2.05) is 0 Å². The van der Waals surface area contributed by atoms with Gasteiger partial charge < -0.3 is 4.74 Å². The molecule has 7 heteroatoms. The van der Waals surface area contributed by atoms with Crippen molar-refractivity contribution in [1.29, 1.82) is 0 Å². The second-order valence-electron chi connectivity index (χ2n) is 3.88. The zero-order valence-corrected chi connectivity index (χ0v) is 11.7. The molecule has 0 radical (unpaired) electrons. The minimum absolute atomic E-state index is 0.0778. The predicted octanol–water partition coefficient (Wildman–Crippen LogP) is 3.71. The SMILES string of the molecule is O=S(=O)(Cl)c1ccc(OCC2CC2)c(Cl)c1Cl. The highest BCUT2D eigenvalue weighted by atomic mass is 35.7. The van der Waals surface area contributed by atoms with Crippen molar-refractivity contribution in [3.63, 3.8) is 0 Å². The third kappa shape index (κ3) is 3.19. The van der Waals surface area contributed by atoms with Gasteiger partial charge in [-0.25, -0.2) is 8.42 Å². The maximum absolute atomic E-state index is 11.2. The molecular formula is C10H9Cl3O3S. The highest BCUT2D eigenvalue weighted by Crippen LogP contribution is 2.39. The van der Waals surface area contributed by atoms with Crippen LogP contribution in [-0.2, 0) is 9.05 Å². The van der Waals surface area contributed by atoms with Gasteiger partial charge >= 0.3 is 0 Å². The summed E-state index contributed by atoms with van der Waals surface area (Å²) in [7, 11) is 1.32. The van der Waals surface area contributed by atoms with E-state index in [1.54, 1.807) is 0 Å². The van der Waals surface area contributed by atoms with Crippen molar-refractivity contribution in [2.75, 3.05) is 6.61 Å². The first kappa shape index (κ1) is 13.3. The fourth-order valence-electron chi connectivity index (χ4n) is 1.31. The van der Waals surface area contributed by atoms with Crippen LogP contribution in [0.25, 0.3) is 0 Å². The molecule has 1 fully saturated rings. The molecule has 0 saturated heterocycles. The Bertz CT molecular complexity index is 538. The number of rotatable bonds is 4. The van der Waals surface area contributed by atoms with E-state index >= 15 is 0 Å². The number of halogens is 3. The Morgan fingerprint density at radius 3 is 2.41 bits per heavy atom. The molecule has 1 aromatic carbocycles. The minimum Gasteiger partial charge on any atom is -0.492 e. The summed E-state index contributed by atoms with van der Waals surface area (Å²) >= 11 is 11.8. The Hall–Kier alpha value is -0.160. The average molecular weight is 316 g/mol. The van der Waals surface area contributed by atoms with Crippen LogP contribution in [0, 0.1) is 5.92 Å². The van der Waals surface area contributed by atoms with Crippen LogP contribution in [0.2, 0.25) is 10.0 Å². The van der Waals surface area contributed by atoms with E-state index in [-0.39, 0.29) is 14.9 Å². The lowest BCUT2D eigenvalue weighted by Crippen LogP contribution is -2.01. The topological polar surface area (TPSA) is 43.4 Å². The van der Waals surface area contributed by atoms with Crippen LogP contribution in [0.1, 0.15) is 12.8 Å². The molecule has 0 heterocycles. The van der Waals surface area contributed by atoms with Crippen molar-refractivity contribution >= 4 is 42.9 Å². The molecule has 1 aromatic rings. The molecule has 1 aliphatic rings. The number of ether oxygens (including phenoxy) is 1. The lowest BCUT2D eigenvalue weighted by molar-refractivity contribution is 0.300. The Kier molecular flexibility index (Phi) is 3.78. The Labute approximate surface area is 114 Å². The van der Waals surface area contributed by atoms with Gasteiger partial charge in [0.15, 0.2) is 0 Å². The summed E-state index contributed by atoms with van der Waals surface area (Å²) < 4.78 is 27.8. The first-order valence-corrected chi connectivity index (χ1v) is 8.01. The molecule has 0 aliphatic heterocycles. The summed E-state index contributed by atoms with van der Waals surface area (Å²) in [5.74, 6) is 0.953. The van der Waals surface area contributed by atoms with E-state index in [1.165, 1.54) is 12.1 Å². The average Bonchev–Trinajstić information content (AvgIpc) is 3.02. The predicted molar refractivity (Wildman–Crippen MR) is 67.7 cm³/mol. The first-order valence-electron chi connectivity index (χ1n) is 4.95. The molecule has 0 spiro atoms. The van der Waals surface area contributed by atoms with Crippen molar-refractivity contribution in [2.24, 2.45) is 5.92 Å². The summed E-state index contributed by atoms with van der Waals surface area (Å²) in [6.45, 7) is 0.572. The summed E-state index contributed by atoms with van der Waals surface area (Å²) in [5, 5.41) is -0.0241. The molecular weight excluding hydrogens is 307 g/mol. The highest BCUT2D eigenvalue weighted by Gasteiger charge is 2.24. The molecule has 94 valence electrons. The quantitative estimate of drug-likeness (QED) is 0.796. The smallest absolute Gasteiger partial charge is 0.262 e. The van der Waals surface area contributed by atoms with Crippen molar-refractivity contribution in [3.05, 3.63) is 22.2 Å². The van der Waals surface area contributed by atoms with Gasteiger partial charge in [-0.3, -0.25) is 0 Å². The van der Waals surface area contributed by atoms with E-state index in [4.69, 9.17) is 38.6 Å². The monoisotopic (exact) mass is 314 g/mol. The molecule has 0 bridgehead atoms. The van der Waals surface area contributed by atoms with Crippen molar-refractivity contribution in [2.45, 2.75) is 17.7 Å². The van der Waals surface area contributed by atoms with Crippen molar-refractivity contribution in [1.82, 2.24) is 0 Å². The summed E-state index contributed by atoms with van der Waals surface area (Å²) in [5.41, 5.74) is 0. The Morgan fingerprint density at radius 1 is 1.24 bits per heavy atom. The molecule has 0 aromatic heterocycles. The van der Waals surface area contributed by atoms with Crippen LogP contribution in [0.5, 0.6) is 5.75 Å². The third-order valence-corrected chi connectivity index (χ3v) is 4.79. The van der Waals surface area contributed by atoms with Gasteiger partial charge in [0, 0.05) is 10.7 Å². The lowest BCUT2D eigenvalue weighted by Gasteiger charge is -2.10. The molecule has 1 saturated carbocycles. The third-order valence-electron chi connectivity index (χ3n) is 2.45. The minimum atomic E-state index is -3.89. The molecule has 17 heavy (non-hydrogen) atoms. The van der Waals surface area contributed by atoms with Crippen LogP contribution in [0.4, 0.5) is 0 Å². The molecule has 1 aliphatic carbocycles. The highest BCUT2D eigenvalue weighted by molar-refractivity contribution is 8.13. The second kappa shape index (κ2) is 4.84. The van der Waals surface area contributed by atoms with Gasteiger partial charge in [-0.1, -0.05) is 23.2 Å². The van der Waals surface area contributed by atoms with Gasteiger partial charge in [0.05, 0.1) is 11.6 Å². The number of benzene rings is 1. The van der Waals surface area contributed by atoms with Crippen LogP contribution < -0.4 is 4.74 Å². The van der Waals surface area contributed by atoms with E-state index in [0.29, 0.717) is 18.3 Å². The maximum Gasteiger partial charge on any atom is 0.262 e. The maximum atomic E-state index is 11.2. The standard InChI is InChI=1S/C10H9Cl3O3S/c11-9-7(16-5-6-1-2-6)3-4-8(10(9)12)17(13,14)15/h3-4,6H,1-2,5H2. The van der Waals surface area contributed by atoms with Gasteiger partial charge in [0.25, 0.3) is 9.05 Å². The second-order valence-corrected chi connectivity index (χ2v) is 7.17. The van der Waals surface area contributed by atoms with Crippen molar-refractivity contribution in [3.8, 4) is 5.75 Å². The molecule has 3 nitrogen and oxygen atoms in total. The molecule has 0 N–H and O–H groups in total. The zero-order chi connectivity index (χ0) is 12.6. The van der Waals surface area contributed by atoms with Gasteiger partial charge in [-0.15, -0.1) is 0 Å². The molecule has 0 amide bonds. The summed E-state index contributed by atoms with van der Waals surface area (Å²) in [4.78, 5) is -0.204. The van der Waals surface area contributed by atoms with E-state index in [0.717, 1.165) is 12.8 Å². The molecule has 2 rings (SSSR count). The Morgan fingerprint density at radius 2 is 1.88 bits per heavy atom. The number of hydrogen-bond acceptors (Lipinski definition) is 3. The normalized spacial score (nSPS) is 15.9.